The number of rotatable bonds is 9. The molecular weight excluding hydrogens is 258 g/mol. The highest BCUT2D eigenvalue weighted by Gasteiger charge is 2.13. The largest absolute Gasteiger partial charge is 0.370 e. The van der Waals surface area contributed by atoms with E-state index in [4.69, 9.17) is 5.84 Å². The van der Waals surface area contributed by atoms with Crippen LogP contribution in [-0.2, 0) is 0 Å². The highest BCUT2D eigenvalue weighted by atomic mass is 32.2. The van der Waals surface area contributed by atoms with Gasteiger partial charge in [-0.05, 0) is 30.8 Å². The highest BCUT2D eigenvalue weighted by molar-refractivity contribution is 7.98. The lowest BCUT2D eigenvalue weighted by atomic mass is 10.0. The zero-order chi connectivity index (χ0) is 14.1. The SMILES string of the molecule is CSCCCCCNc1ncnc(NN)c1C(C)C. The van der Waals surface area contributed by atoms with Crippen LogP contribution >= 0.6 is 11.8 Å². The fourth-order valence-corrected chi connectivity index (χ4v) is 2.45. The van der Waals surface area contributed by atoms with Crippen molar-refractivity contribution in [2.45, 2.75) is 39.0 Å². The van der Waals surface area contributed by atoms with Crippen LogP contribution in [-0.4, -0.2) is 28.5 Å². The maximum atomic E-state index is 5.50. The Kier molecular flexibility index (Phi) is 7.59. The molecule has 1 rings (SSSR count). The Morgan fingerprint density at radius 1 is 1.21 bits per heavy atom. The summed E-state index contributed by atoms with van der Waals surface area (Å²) in [4.78, 5) is 8.48. The summed E-state index contributed by atoms with van der Waals surface area (Å²) in [5.41, 5.74) is 3.69. The van der Waals surface area contributed by atoms with Gasteiger partial charge in [0.25, 0.3) is 0 Å². The minimum absolute atomic E-state index is 0.325. The standard InChI is InChI=1S/C13H25N5S/c1-10(2)11-12(16-9-17-13(11)18-14)15-7-5-4-6-8-19-3/h9-10H,4-8,14H2,1-3H3,(H2,15,16,17,18). The van der Waals surface area contributed by atoms with Crippen molar-refractivity contribution in [3.05, 3.63) is 11.9 Å². The van der Waals surface area contributed by atoms with Crippen LogP contribution in [0.5, 0.6) is 0 Å². The molecule has 5 nitrogen and oxygen atoms in total. The second-order valence-corrected chi connectivity index (χ2v) is 5.75. The van der Waals surface area contributed by atoms with E-state index in [1.165, 1.54) is 24.9 Å². The summed E-state index contributed by atoms with van der Waals surface area (Å²) in [5.74, 6) is 8.66. The van der Waals surface area contributed by atoms with Crippen LogP contribution in [0, 0.1) is 0 Å². The Hall–Kier alpha value is -1.01. The lowest BCUT2D eigenvalue weighted by Crippen LogP contribution is -2.15. The maximum absolute atomic E-state index is 5.50. The lowest BCUT2D eigenvalue weighted by molar-refractivity contribution is 0.745. The average molecular weight is 283 g/mol. The number of thioether (sulfide) groups is 1. The molecule has 1 heterocycles. The van der Waals surface area contributed by atoms with Gasteiger partial charge >= 0.3 is 0 Å². The molecule has 108 valence electrons. The van der Waals surface area contributed by atoms with E-state index in [2.05, 4.69) is 40.8 Å². The summed E-state index contributed by atoms with van der Waals surface area (Å²) in [7, 11) is 0. The van der Waals surface area contributed by atoms with Crippen LogP contribution in [0.1, 0.15) is 44.6 Å². The molecule has 0 aliphatic rings. The number of hydrazine groups is 1. The maximum Gasteiger partial charge on any atom is 0.148 e. The molecule has 0 saturated heterocycles. The lowest BCUT2D eigenvalue weighted by Gasteiger charge is -2.16. The molecule has 1 aromatic heterocycles. The summed E-state index contributed by atoms with van der Waals surface area (Å²) in [6, 6.07) is 0. The molecule has 0 aromatic carbocycles. The van der Waals surface area contributed by atoms with Gasteiger partial charge in [-0.3, -0.25) is 0 Å². The van der Waals surface area contributed by atoms with Gasteiger partial charge in [-0.1, -0.05) is 20.3 Å². The molecule has 0 aliphatic heterocycles. The van der Waals surface area contributed by atoms with E-state index >= 15 is 0 Å². The van der Waals surface area contributed by atoms with Crippen molar-refractivity contribution < 1.29 is 0 Å². The van der Waals surface area contributed by atoms with Crippen molar-refractivity contribution in [2.75, 3.05) is 29.3 Å². The second kappa shape index (κ2) is 8.98. The minimum Gasteiger partial charge on any atom is -0.370 e. The molecular formula is C13H25N5S. The minimum atomic E-state index is 0.325. The topological polar surface area (TPSA) is 75.9 Å². The third kappa shape index (κ3) is 5.24. The molecule has 0 aliphatic carbocycles. The van der Waals surface area contributed by atoms with E-state index in [-0.39, 0.29) is 0 Å². The van der Waals surface area contributed by atoms with Gasteiger partial charge in [-0.25, -0.2) is 15.8 Å². The highest BCUT2D eigenvalue weighted by Crippen LogP contribution is 2.27. The number of nitrogen functional groups attached to an aromatic ring is 1. The van der Waals surface area contributed by atoms with Crippen LogP contribution in [0.25, 0.3) is 0 Å². The Balaban J connectivity index is 2.53. The van der Waals surface area contributed by atoms with Crippen LogP contribution < -0.4 is 16.6 Å². The molecule has 0 unspecified atom stereocenters. The molecule has 19 heavy (non-hydrogen) atoms. The number of anilines is 2. The molecule has 1 aromatic rings. The quantitative estimate of drug-likeness (QED) is 0.367. The number of aromatic nitrogens is 2. The number of nitrogens with one attached hydrogen (secondary N) is 2. The normalized spacial score (nSPS) is 10.8. The molecule has 0 radical (unpaired) electrons. The fourth-order valence-electron chi connectivity index (χ4n) is 1.95. The summed E-state index contributed by atoms with van der Waals surface area (Å²) < 4.78 is 0. The predicted molar refractivity (Wildman–Crippen MR) is 84.7 cm³/mol. The van der Waals surface area contributed by atoms with Gasteiger partial charge in [-0.2, -0.15) is 11.8 Å². The number of hydrogen-bond acceptors (Lipinski definition) is 6. The van der Waals surface area contributed by atoms with E-state index < -0.39 is 0 Å². The zero-order valence-electron chi connectivity index (χ0n) is 12.1. The molecule has 0 spiro atoms. The fraction of sp³-hybridized carbons (Fsp3) is 0.692. The summed E-state index contributed by atoms with van der Waals surface area (Å²) in [5, 5.41) is 3.39. The Bertz CT molecular complexity index is 370. The van der Waals surface area contributed by atoms with E-state index in [9.17, 15) is 0 Å². The van der Waals surface area contributed by atoms with Crippen molar-refractivity contribution in [2.24, 2.45) is 5.84 Å². The van der Waals surface area contributed by atoms with E-state index in [1.807, 2.05) is 11.8 Å². The first-order chi connectivity index (χ1) is 9.20. The van der Waals surface area contributed by atoms with E-state index in [0.29, 0.717) is 11.7 Å². The number of hydrogen-bond donors (Lipinski definition) is 3. The van der Waals surface area contributed by atoms with Crippen molar-refractivity contribution in [3.63, 3.8) is 0 Å². The van der Waals surface area contributed by atoms with Crippen LogP contribution in [0.2, 0.25) is 0 Å². The third-order valence-electron chi connectivity index (χ3n) is 2.92. The van der Waals surface area contributed by atoms with Gasteiger partial charge in [0.2, 0.25) is 0 Å². The van der Waals surface area contributed by atoms with E-state index in [1.54, 1.807) is 0 Å². The van der Waals surface area contributed by atoms with Crippen molar-refractivity contribution >= 4 is 23.4 Å². The Morgan fingerprint density at radius 2 is 1.95 bits per heavy atom. The van der Waals surface area contributed by atoms with Crippen LogP contribution in [0.4, 0.5) is 11.6 Å². The molecule has 0 bridgehead atoms. The molecule has 0 amide bonds. The Labute approximate surface area is 120 Å². The predicted octanol–water partition coefficient (Wildman–Crippen LogP) is 2.83. The number of unbranched alkanes of at least 4 members (excludes halogenated alkanes) is 2. The summed E-state index contributed by atoms with van der Waals surface area (Å²) >= 11 is 1.90. The molecule has 0 fully saturated rings. The van der Waals surface area contributed by atoms with Crippen molar-refractivity contribution in [3.8, 4) is 0 Å². The smallest absolute Gasteiger partial charge is 0.148 e. The number of nitrogens with zero attached hydrogens (tertiary/aromatic N) is 2. The zero-order valence-corrected chi connectivity index (χ0v) is 12.9. The molecule has 6 heteroatoms. The van der Waals surface area contributed by atoms with Gasteiger partial charge in [0.15, 0.2) is 0 Å². The van der Waals surface area contributed by atoms with Gasteiger partial charge in [0.1, 0.15) is 18.0 Å². The first-order valence-corrected chi connectivity index (χ1v) is 8.14. The molecule has 4 N–H and O–H groups in total. The van der Waals surface area contributed by atoms with E-state index in [0.717, 1.165) is 24.3 Å². The van der Waals surface area contributed by atoms with Gasteiger partial charge in [0.05, 0.1) is 0 Å². The average Bonchev–Trinajstić information content (AvgIpc) is 2.42. The number of nitrogens with two attached hydrogens (primary N) is 1. The summed E-state index contributed by atoms with van der Waals surface area (Å²) in [6.45, 7) is 5.17. The second-order valence-electron chi connectivity index (χ2n) is 4.76. The monoisotopic (exact) mass is 283 g/mol. The van der Waals surface area contributed by atoms with Crippen LogP contribution in [0.15, 0.2) is 6.33 Å². The Morgan fingerprint density at radius 3 is 2.58 bits per heavy atom. The molecule has 0 atom stereocenters. The van der Waals surface area contributed by atoms with Gasteiger partial charge < -0.3 is 10.7 Å². The van der Waals surface area contributed by atoms with Crippen molar-refractivity contribution in [1.82, 2.24) is 9.97 Å². The van der Waals surface area contributed by atoms with Crippen molar-refractivity contribution in [1.29, 1.82) is 0 Å². The molecule has 0 saturated carbocycles. The van der Waals surface area contributed by atoms with Gasteiger partial charge in [-0.15, -0.1) is 0 Å². The first kappa shape index (κ1) is 16.0. The van der Waals surface area contributed by atoms with Crippen LogP contribution in [0.3, 0.4) is 0 Å². The van der Waals surface area contributed by atoms with Gasteiger partial charge in [0, 0.05) is 12.1 Å². The first-order valence-electron chi connectivity index (χ1n) is 6.75. The third-order valence-corrected chi connectivity index (χ3v) is 3.61. The summed E-state index contributed by atoms with van der Waals surface area (Å²) in [6.07, 6.45) is 7.37.